The molecule has 1 aromatic heterocycles. The molecule has 0 spiro atoms. The highest BCUT2D eigenvalue weighted by molar-refractivity contribution is 7.98. The molecule has 29 heavy (non-hydrogen) atoms. The molecule has 0 radical (unpaired) electrons. The minimum atomic E-state index is -0.337. The first kappa shape index (κ1) is 20.0. The summed E-state index contributed by atoms with van der Waals surface area (Å²) in [5.41, 5.74) is 1.61. The normalized spacial score (nSPS) is 20.8. The summed E-state index contributed by atoms with van der Waals surface area (Å²) in [6.07, 6.45) is 5.61. The van der Waals surface area contributed by atoms with E-state index in [-0.39, 0.29) is 11.7 Å². The minimum absolute atomic E-state index is 0.0844. The van der Waals surface area contributed by atoms with E-state index in [0.717, 1.165) is 25.2 Å². The molecule has 154 valence electrons. The molecule has 2 aliphatic heterocycles. The fourth-order valence-electron chi connectivity index (χ4n) is 3.87. The molecule has 7 nitrogen and oxygen atoms in total. The lowest BCUT2D eigenvalue weighted by Gasteiger charge is -2.31. The first-order valence-corrected chi connectivity index (χ1v) is 11.4. The van der Waals surface area contributed by atoms with E-state index >= 15 is 0 Å². The van der Waals surface area contributed by atoms with Gasteiger partial charge in [-0.2, -0.15) is 0 Å². The number of aliphatic imine (C=N–C) groups is 1. The zero-order chi connectivity index (χ0) is 20.2. The second-order valence-corrected chi connectivity index (χ2v) is 8.39. The molecular weight excluding hydrogens is 384 g/mol. The molecular formula is C21H28N6OS. The summed E-state index contributed by atoms with van der Waals surface area (Å²) in [5.74, 6) is 1.20. The van der Waals surface area contributed by atoms with E-state index in [1.54, 1.807) is 22.4 Å². The van der Waals surface area contributed by atoms with E-state index < -0.39 is 0 Å². The van der Waals surface area contributed by atoms with Gasteiger partial charge in [-0.05, 0) is 56.8 Å². The van der Waals surface area contributed by atoms with Crippen LogP contribution in [0, 0.1) is 6.92 Å². The molecule has 0 amide bonds. The van der Waals surface area contributed by atoms with Crippen LogP contribution >= 0.6 is 11.8 Å². The van der Waals surface area contributed by atoms with Gasteiger partial charge < -0.3 is 10.2 Å². The van der Waals surface area contributed by atoms with Gasteiger partial charge in [0.25, 0.3) is 5.56 Å². The van der Waals surface area contributed by atoms with Crippen LogP contribution < -0.4 is 16.2 Å². The van der Waals surface area contributed by atoms with Gasteiger partial charge in [0.2, 0.25) is 5.95 Å². The molecule has 0 bridgehead atoms. The van der Waals surface area contributed by atoms with Crippen molar-refractivity contribution >= 4 is 23.7 Å². The van der Waals surface area contributed by atoms with Crippen LogP contribution in [0.1, 0.15) is 36.7 Å². The second kappa shape index (κ2) is 9.00. The van der Waals surface area contributed by atoms with Gasteiger partial charge in [0.15, 0.2) is 5.96 Å². The summed E-state index contributed by atoms with van der Waals surface area (Å²) in [6.45, 7) is 5.82. The molecule has 2 N–H and O–H groups in total. The van der Waals surface area contributed by atoms with Gasteiger partial charge in [-0.3, -0.25) is 19.7 Å². The van der Waals surface area contributed by atoms with E-state index in [4.69, 9.17) is 4.99 Å². The van der Waals surface area contributed by atoms with Gasteiger partial charge in [0.1, 0.15) is 6.17 Å². The Morgan fingerprint density at radius 2 is 1.97 bits per heavy atom. The van der Waals surface area contributed by atoms with Gasteiger partial charge in [0.05, 0.1) is 6.54 Å². The molecule has 1 fully saturated rings. The third kappa shape index (κ3) is 4.64. The average Bonchev–Trinajstić information content (AvgIpc) is 2.73. The van der Waals surface area contributed by atoms with Crippen LogP contribution in [0.25, 0.3) is 0 Å². The fraction of sp³-hybridized carbons (Fsp3) is 0.476. The van der Waals surface area contributed by atoms with Crippen molar-refractivity contribution in [2.75, 3.05) is 37.8 Å². The summed E-state index contributed by atoms with van der Waals surface area (Å²) in [6, 6.07) is 9.81. The first-order valence-electron chi connectivity index (χ1n) is 10.2. The number of guanidine groups is 1. The number of rotatable bonds is 5. The number of nitrogens with one attached hydrogen (secondary N) is 2. The van der Waals surface area contributed by atoms with Crippen LogP contribution in [-0.2, 0) is 0 Å². The number of thioether (sulfide) groups is 1. The average molecular weight is 413 g/mol. The van der Waals surface area contributed by atoms with Crippen molar-refractivity contribution in [2.45, 2.75) is 37.2 Å². The molecule has 0 unspecified atom stereocenters. The number of likely N-dealkylation sites (tertiary alicyclic amines) is 1. The summed E-state index contributed by atoms with van der Waals surface area (Å²) in [7, 11) is 0. The largest absolute Gasteiger partial charge is 0.331 e. The van der Waals surface area contributed by atoms with Gasteiger partial charge in [0, 0.05) is 23.2 Å². The number of hydrogen-bond acceptors (Lipinski definition) is 5. The van der Waals surface area contributed by atoms with Gasteiger partial charge in [-0.25, -0.2) is 4.98 Å². The highest BCUT2D eigenvalue weighted by Crippen LogP contribution is 2.24. The molecule has 2 aromatic rings. The van der Waals surface area contributed by atoms with E-state index in [0.29, 0.717) is 24.1 Å². The van der Waals surface area contributed by atoms with E-state index in [1.165, 1.54) is 24.2 Å². The zero-order valence-corrected chi connectivity index (χ0v) is 17.8. The van der Waals surface area contributed by atoms with Crippen molar-refractivity contribution < 1.29 is 0 Å². The standard InChI is InChI=1S/C21H28N6OS/c1-15-14-18(28)27-19(16-6-8-17(29-2)9-7-16)24-20(25-21(27)23-15)22-10-13-26-11-4-3-5-12-26/h6-9,14,19H,3-5,10-13H2,1-2H3,(H2,22,23,24,25)/t19-/m1/s1. The van der Waals surface area contributed by atoms with Crippen molar-refractivity contribution in [3.63, 3.8) is 0 Å². The van der Waals surface area contributed by atoms with Crippen molar-refractivity contribution in [1.29, 1.82) is 0 Å². The summed E-state index contributed by atoms with van der Waals surface area (Å²) in [5, 5.41) is 6.60. The van der Waals surface area contributed by atoms with Gasteiger partial charge in [-0.1, -0.05) is 18.6 Å². The molecule has 4 rings (SSSR count). The smallest absolute Gasteiger partial charge is 0.257 e. The van der Waals surface area contributed by atoms with Crippen LogP contribution in [0.4, 0.5) is 5.95 Å². The number of hydrogen-bond donors (Lipinski definition) is 2. The molecule has 3 heterocycles. The number of aromatic nitrogens is 2. The van der Waals surface area contributed by atoms with Crippen LogP contribution in [0.5, 0.6) is 0 Å². The number of piperidine rings is 1. The van der Waals surface area contributed by atoms with Crippen molar-refractivity contribution in [3.8, 4) is 0 Å². The van der Waals surface area contributed by atoms with Crippen LogP contribution in [0.3, 0.4) is 0 Å². The Kier molecular flexibility index (Phi) is 6.20. The number of aryl methyl sites for hydroxylation is 1. The monoisotopic (exact) mass is 412 g/mol. The topological polar surface area (TPSA) is 74.6 Å². The Morgan fingerprint density at radius 3 is 2.69 bits per heavy atom. The maximum absolute atomic E-state index is 12.7. The van der Waals surface area contributed by atoms with E-state index in [1.807, 2.05) is 6.92 Å². The van der Waals surface area contributed by atoms with Crippen LogP contribution in [0.2, 0.25) is 0 Å². The minimum Gasteiger partial charge on any atom is -0.331 e. The first-order chi connectivity index (χ1) is 14.1. The predicted molar refractivity (Wildman–Crippen MR) is 119 cm³/mol. The Morgan fingerprint density at radius 1 is 1.21 bits per heavy atom. The SMILES string of the molecule is CSc1ccc([C@@H]2NC(=NCCN3CCCCC3)Nc3nc(C)cc(=O)n32)cc1. The van der Waals surface area contributed by atoms with Crippen LogP contribution in [0.15, 0.2) is 45.0 Å². The molecule has 1 aromatic carbocycles. The third-order valence-corrected chi connectivity index (χ3v) is 6.15. The maximum atomic E-state index is 12.7. The van der Waals surface area contributed by atoms with Crippen LogP contribution in [-0.4, -0.2) is 52.8 Å². The maximum Gasteiger partial charge on any atom is 0.257 e. The third-order valence-electron chi connectivity index (χ3n) is 5.41. The summed E-state index contributed by atoms with van der Waals surface area (Å²) in [4.78, 5) is 25.7. The fourth-order valence-corrected chi connectivity index (χ4v) is 4.28. The molecule has 2 aliphatic rings. The molecule has 0 saturated carbocycles. The number of benzene rings is 1. The molecule has 1 atom stereocenters. The molecule has 8 heteroatoms. The lowest BCUT2D eigenvalue weighted by molar-refractivity contribution is 0.235. The Bertz CT molecular complexity index is 933. The van der Waals surface area contributed by atoms with Crippen molar-refractivity contribution in [3.05, 3.63) is 51.9 Å². The van der Waals surface area contributed by atoms with E-state index in [2.05, 4.69) is 51.0 Å². The summed E-state index contributed by atoms with van der Waals surface area (Å²) < 4.78 is 1.66. The quantitative estimate of drug-likeness (QED) is 0.736. The number of fused-ring (bicyclic) bond motifs is 1. The van der Waals surface area contributed by atoms with Crippen molar-refractivity contribution in [2.24, 2.45) is 4.99 Å². The summed E-state index contributed by atoms with van der Waals surface area (Å²) >= 11 is 1.70. The van der Waals surface area contributed by atoms with Gasteiger partial charge in [-0.15, -0.1) is 11.8 Å². The Balaban J connectivity index is 1.59. The molecule has 0 aliphatic carbocycles. The Hall–Kier alpha value is -2.32. The highest BCUT2D eigenvalue weighted by atomic mass is 32.2. The zero-order valence-electron chi connectivity index (χ0n) is 17.0. The lowest BCUT2D eigenvalue weighted by atomic mass is 10.1. The Labute approximate surface area is 175 Å². The second-order valence-electron chi connectivity index (χ2n) is 7.51. The van der Waals surface area contributed by atoms with E-state index in [9.17, 15) is 4.79 Å². The number of nitrogens with zero attached hydrogens (tertiary/aromatic N) is 4. The van der Waals surface area contributed by atoms with Crippen molar-refractivity contribution in [1.82, 2.24) is 19.8 Å². The predicted octanol–water partition coefficient (Wildman–Crippen LogP) is 2.68. The lowest BCUT2D eigenvalue weighted by Crippen LogP contribution is -2.48. The van der Waals surface area contributed by atoms with Gasteiger partial charge >= 0.3 is 0 Å². The number of anilines is 1. The highest BCUT2D eigenvalue weighted by Gasteiger charge is 2.26. The molecule has 1 saturated heterocycles.